The van der Waals surface area contributed by atoms with Crippen molar-refractivity contribution in [3.05, 3.63) is 23.8 Å². The Bertz CT molecular complexity index is 400. The number of rotatable bonds is 4. The molecular formula is C12H16N2O2. The predicted octanol–water partition coefficient (Wildman–Crippen LogP) is 1.42. The molecule has 1 aromatic carbocycles. The van der Waals surface area contributed by atoms with Crippen molar-refractivity contribution in [2.24, 2.45) is 5.92 Å². The van der Waals surface area contributed by atoms with Gasteiger partial charge in [-0.1, -0.05) is 6.07 Å². The van der Waals surface area contributed by atoms with Crippen LogP contribution in [0.15, 0.2) is 18.2 Å². The number of hydrogen-bond donors (Lipinski definition) is 2. The van der Waals surface area contributed by atoms with Gasteiger partial charge in [-0.15, -0.1) is 0 Å². The summed E-state index contributed by atoms with van der Waals surface area (Å²) in [4.78, 5) is 11.8. The largest absolute Gasteiger partial charge is 0.495 e. The summed E-state index contributed by atoms with van der Waals surface area (Å²) in [5.41, 5.74) is 6.72. The molecule has 0 spiro atoms. The van der Waals surface area contributed by atoms with Gasteiger partial charge in [0.15, 0.2) is 0 Å². The fourth-order valence-corrected chi connectivity index (χ4v) is 1.57. The van der Waals surface area contributed by atoms with Gasteiger partial charge in [0.2, 0.25) is 0 Å². The van der Waals surface area contributed by atoms with Crippen molar-refractivity contribution in [3.63, 3.8) is 0 Å². The Hall–Kier alpha value is -1.71. The van der Waals surface area contributed by atoms with E-state index in [1.165, 1.54) is 20.0 Å². The van der Waals surface area contributed by atoms with Crippen LogP contribution >= 0.6 is 0 Å². The topological polar surface area (TPSA) is 64.3 Å². The Morgan fingerprint density at radius 3 is 2.94 bits per heavy atom. The molecule has 0 aromatic heterocycles. The summed E-state index contributed by atoms with van der Waals surface area (Å²) in [7, 11) is 1.54. The molecule has 1 fully saturated rings. The van der Waals surface area contributed by atoms with Crippen molar-refractivity contribution in [2.75, 3.05) is 19.4 Å². The molecule has 3 N–H and O–H groups in total. The van der Waals surface area contributed by atoms with Crippen LogP contribution in [0.25, 0.3) is 0 Å². The lowest BCUT2D eigenvalue weighted by Gasteiger charge is -2.09. The van der Waals surface area contributed by atoms with Crippen molar-refractivity contribution in [3.8, 4) is 5.75 Å². The lowest BCUT2D eigenvalue weighted by molar-refractivity contribution is 0.0952. The number of carbonyl (C=O) groups is 1. The monoisotopic (exact) mass is 220 g/mol. The highest BCUT2D eigenvalue weighted by molar-refractivity contribution is 6.00. The van der Waals surface area contributed by atoms with Gasteiger partial charge in [0.1, 0.15) is 5.75 Å². The van der Waals surface area contributed by atoms with E-state index in [1.54, 1.807) is 18.2 Å². The highest BCUT2D eigenvalue weighted by Gasteiger charge is 2.22. The van der Waals surface area contributed by atoms with Crippen molar-refractivity contribution in [2.45, 2.75) is 12.8 Å². The SMILES string of the molecule is COc1cccc(C(=O)NCC2CC2)c1N. The number of nitrogen functional groups attached to an aromatic ring is 1. The summed E-state index contributed by atoms with van der Waals surface area (Å²) in [5, 5.41) is 2.88. The van der Waals surface area contributed by atoms with Gasteiger partial charge < -0.3 is 15.8 Å². The summed E-state index contributed by atoms with van der Waals surface area (Å²) in [5.74, 6) is 1.08. The summed E-state index contributed by atoms with van der Waals surface area (Å²) < 4.78 is 5.07. The summed E-state index contributed by atoms with van der Waals surface area (Å²) in [6.07, 6.45) is 2.43. The standard InChI is InChI=1S/C12H16N2O2/c1-16-10-4-2-3-9(11(10)13)12(15)14-7-8-5-6-8/h2-4,8H,5-7,13H2,1H3,(H,14,15). The number of methoxy groups -OCH3 is 1. The number of anilines is 1. The third-order valence-electron chi connectivity index (χ3n) is 2.78. The van der Waals surface area contributed by atoms with E-state index in [0.717, 1.165) is 6.54 Å². The van der Waals surface area contributed by atoms with Crippen LogP contribution in [0, 0.1) is 5.92 Å². The Balaban J connectivity index is 2.08. The Kier molecular flexibility index (Phi) is 2.99. The fraction of sp³-hybridized carbons (Fsp3) is 0.417. The van der Waals surface area contributed by atoms with Gasteiger partial charge in [-0.25, -0.2) is 0 Å². The molecule has 0 aliphatic heterocycles. The molecule has 1 aliphatic carbocycles. The van der Waals surface area contributed by atoms with Gasteiger partial charge in [-0.2, -0.15) is 0 Å². The molecule has 1 amide bonds. The van der Waals surface area contributed by atoms with E-state index in [4.69, 9.17) is 10.5 Å². The number of carbonyl (C=O) groups excluding carboxylic acids is 1. The Labute approximate surface area is 94.8 Å². The van der Waals surface area contributed by atoms with E-state index in [1.807, 2.05) is 0 Å². The molecule has 0 atom stereocenters. The second kappa shape index (κ2) is 4.43. The molecule has 0 radical (unpaired) electrons. The molecule has 1 saturated carbocycles. The molecule has 0 bridgehead atoms. The molecule has 0 heterocycles. The normalized spacial score (nSPS) is 14.6. The quantitative estimate of drug-likeness (QED) is 0.754. The number of nitrogens with one attached hydrogen (secondary N) is 1. The lowest BCUT2D eigenvalue weighted by Crippen LogP contribution is -2.26. The Morgan fingerprint density at radius 1 is 1.56 bits per heavy atom. The highest BCUT2D eigenvalue weighted by Crippen LogP contribution is 2.28. The van der Waals surface area contributed by atoms with Crippen LogP contribution in [0.4, 0.5) is 5.69 Å². The molecule has 2 rings (SSSR count). The van der Waals surface area contributed by atoms with Gasteiger partial charge >= 0.3 is 0 Å². The fourth-order valence-electron chi connectivity index (χ4n) is 1.57. The van der Waals surface area contributed by atoms with Crippen molar-refractivity contribution in [1.82, 2.24) is 5.32 Å². The third kappa shape index (κ3) is 2.27. The summed E-state index contributed by atoms with van der Waals surface area (Å²) in [6.45, 7) is 0.746. The van der Waals surface area contributed by atoms with Crippen LogP contribution in [0.1, 0.15) is 23.2 Å². The molecule has 86 valence electrons. The van der Waals surface area contributed by atoms with Gasteiger partial charge in [0, 0.05) is 6.54 Å². The Morgan fingerprint density at radius 2 is 2.31 bits per heavy atom. The maximum absolute atomic E-state index is 11.8. The second-order valence-corrected chi connectivity index (χ2v) is 4.07. The van der Waals surface area contributed by atoms with Crippen molar-refractivity contribution < 1.29 is 9.53 Å². The first-order valence-electron chi connectivity index (χ1n) is 5.43. The molecule has 0 saturated heterocycles. The molecular weight excluding hydrogens is 204 g/mol. The maximum Gasteiger partial charge on any atom is 0.253 e. The minimum atomic E-state index is -0.122. The van der Waals surface area contributed by atoms with E-state index in [-0.39, 0.29) is 5.91 Å². The van der Waals surface area contributed by atoms with E-state index in [2.05, 4.69) is 5.32 Å². The average Bonchev–Trinajstić information content (AvgIpc) is 3.10. The minimum Gasteiger partial charge on any atom is -0.495 e. The van der Waals surface area contributed by atoms with E-state index >= 15 is 0 Å². The van der Waals surface area contributed by atoms with Crippen LogP contribution in [0.2, 0.25) is 0 Å². The van der Waals surface area contributed by atoms with Crippen LogP contribution in [0.3, 0.4) is 0 Å². The van der Waals surface area contributed by atoms with Gasteiger partial charge in [0.25, 0.3) is 5.91 Å². The number of ether oxygens (including phenoxy) is 1. The zero-order chi connectivity index (χ0) is 11.5. The number of nitrogens with two attached hydrogens (primary N) is 1. The molecule has 4 heteroatoms. The highest BCUT2D eigenvalue weighted by atomic mass is 16.5. The molecule has 16 heavy (non-hydrogen) atoms. The molecule has 1 aliphatic rings. The van der Waals surface area contributed by atoms with E-state index < -0.39 is 0 Å². The second-order valence-electron chi connectivity index (χ2n) is 4.07. The van der Waals surface area contributed by atoms with Gasteiger partial charge in [-0.3, -0.25) is 4.79 Å². The molecule has 1 aromatic rings. The smallest absolute Gasteiger partial charge is 0.253 e. The van der Waals surface area contributed by atoms with E-state index in [9.17, 15) is 4.79 Å². The lowest BCUT2D eigenvalue weighted by atomic mass is 10.1. The first-order chi connectivity index (χ1) is 7.72. The number of amides is 1. The van der Waals surface area contributed by atoms with E-state index in [0.29, 0.717) is 22.9 Å². The van der Waals surface area contributed by atoms with Crippen molar-refractivity contribution in [1.29, 1.82) is 0 Å². The minimum absolute atomic E-state index is 0.122. The zero-order valence-electron chi connectivity index (χ0n) is 9.32. The first-order valence-corrected chi connectivity index (χ1v) is 5.43. The number of hydrogen-bond acceptors (Lipinski definition) is 3. The maximum atomic E-state index is 11.8. The van der Waals surface area contributed by atoms with Crippen molar-refractivity contribution >= 4 is 11.6 Å². The average molecular weight is 220 g/mol. The van der Waals surface area contributed by atoms with Gasteiger partial charge in [-0.05, 0) is 30.9 Å². The third-order valence-corrected chi connectivity index (χ3v) is 2.78. The molecule has 4 nitrogen and oxygen atoms in total. The number of para-hydroxylation sites is 1. The predicted molar refractivity (Wildman–Crippen MR) is 62.5 cm³/mol. The van der Waals surface area contributed by atoms with Crippen LogP contribution in [0.5, 0.6) is 5.75 Å². The molecule has 0 unspecified atom stereocenters. The zero-order valence-corrected chi connectivity index (χ0v) is 9.32. The van der Waals surface area contributed by atoms with Crippen LogP contribution < -0.4 is 15.8 Å². The van der Waals surface area contributed by atoms with Crippen LogP contribution in [-0.4, -0.2) is 19.6 Å². The summed E-state index contributed by atoms with van der Waals surface area (Å²) in [6, 6.07) is 5.22. The van der Waals surface area contributed by atoms with Crippen LogP contribution in [-0.2, 0) is 0 Å². The number of benzene rings is 1. The van der Waals surface area contributed by atoms with Gasteiger partial charge in [0.05, 0.1) is 18.4 Å². The first kappa shape index (κ1) is 10.8. The summed E-state index contributed by atoms with van der Waals surface area (Å²) >= 11 is 0.